The third-order valence-electron chi connectivity index (χ3n) is 3.72. The molecule has 1 heterocycles. The minimum atomic E-state index is -0.722. The van der Waals surface area contributed by atoms with E-state index >= 15 is 0 Å². The predicted molar refractivity (Wildman–Crippen MR) is 97.9 cm³/mol. The number of ether oxygens (including phenoxy) is 2. The van der Waals surface area contributed by atoms with Crippen LogP contribution in [-0.2, 0) is 7.05 Å². The van der Waals surface area contributed by atoms with Crippen LogP contribution in [0.4, 0.5) is 16.2 Å². The van der Waals surface area contributed by atoms with E-state index in [1.54, 1.807) is 29.1 Å². The van der Waals surface area contributed by atoms with Gasteiger partial charge in [-0.05, 0) is 24.3 Å². The van der Waals surface area contributed by atoms with Gasteiger partial charge in [0.05, 0.1) is 18.2 Å². The zero-order valence-electron chi connectivity index (χ0n) is 14.6. The molecule has 0 radical (unpaired) electrons. The van der Waals surface area contributed by atoms with Gasteiger partial charge in [0.15, 0.2) is 0 Å². The van der Waals surface area contributed by atoms with E-state index in [-0.39, 0.29) is 11.4 Å². The van der Waals surface area contributed by atoms with Gasteiger partial charge in [-0.3, -0.25) is 20.1 Å². The Hall–Kier alpha value is -3.88. The lowest BCUT2D eigenvalue weighted by Crippen LogP contribution is -2.16. The first-order valence-electron chi connectivity index (χ1n) is 7.86. The van der Waals surface area contributed by atoms with Gasteiger partial charge >= 0.3 is 6.09 Å². The molecule has 9 nitrogen and oxygen atoms in total. The molecule has 3 aromatic rings. The van der Waals surface area contributed by atoms with E-state index in [1.807, 2.05) is 13.2 Å². The van der Waals surface area contributed by atoms with Crippen molar-refractivity contribution in [2.24, 2.45) is 7.05 Å². The third kappa shape index (κ3) is 4.21. The Morgan fingerprint density at radius 3 is 2.56 bits per heavy atom. The maximum absolute atomic E-state index is 12.0. The summed E-state index contributed by atoms with van der Waals surface area (Å²) in [5, 5.41) is 17.4. The average molecular weight is 368 g/mol. The van der Waals surface area contributed by atoms with Gasteiger partial charge in [0.25, 0.3) is 5.69 Å². The highest BCUT2D eigenvalue weighted by molar-refractivity contribution is 5.87. The molecule has 3 rings (SSSR count). The molecule has 27 heavy (non-hydrogen) atoms. The third-order valence-corrected chi connectivity index (χ3v) is 3.72. The SMILES string of the molecule is COc1cc(NC(=O)Oc2ccc([N+](=O)[O-])cc2)ccc1-c1cnn(C)c1. The van der Waals surface area contributed by atoms with Crippen molar-refractivity contribution in [1.82, 2.24) is 9.78 Å². The number of rotatable bonds is 5. The van der Waals surface area contributed by atoms with Crippen LogP contribution in [-0.4, -0.2) is 27.9 Å². The van der Waals surface area contributed by atoms with Crippen molar-refractivity contribution in [2.45, 2.75) is 0 Å². The second kappa shape index (κ2) is 7.56. The molecule has 1 aromatic heterocycles. The largest absolute Gasteiger partial charge is 0.496 e. The van der Waals surface area contributed by atoms with Crippen LogP contribution in [0.25, 0.3) is 11.1 Å². The number of nitro groups is 1. The monoisotopic (exact) mass is 368 g/mol. The van der Waals surface area contributed by atoms with Crippen LogP contribution >= 0.6 is 0 Å². The van der Waals surface area contributed by atoms with E-state index in [0.717, 1.165) is 11.1 Å². The van der Waals surface area contributed by atoms with E-state index in [2.05, 4.69) is 10.4 Å². The number of aromatic nitrogens is 2. The molecule has 0 aliphatic rings. The summed E-state index contributed by atoms with van der Waals surface area (Å²) in [5.74, 6) is 0.758. The van der Waals surface area contributed by atoms with Crippen molar-refractivity contribution in [3.63, 3.8) is 0 Å². The fraction of sp³-hybridized carbons (Fsp3) is 0.111. The first-order chi connectivity index (χ1) is 13.0. The number of nitrogens with one attached hydrogen (secondary N) is 1. The Morgan fingerprint density at radius 1 is 1.22 bits per heavy atom. The molecule has 0 bridgehead atoms. The average Bonchev–Trinajstić information content (AvgIpc) is 3.08. The fourth-order valence-corrected chi connectivity index (χ4v) is 2.45. The number of anilines is 1. The van der Waals surface area contributed by atoms with Gasteiger partial charge in [-0.15, -0.1) is 0 Å². The van der Waals surface area contributed by atoms with Crippen LogP contribution in [0.2, 0.25) is 0 Å². The molecule has 1 amide bonds. The van der Waals surface area contributed by atoms with E-state index < -0.39 is 11.0 Å². The molecule has 0 aliphatic heterocycles. The Kier molecular flexibility index (Phi) is 5.02. The predicted octanol–water partition coefficient (Wildman–Crippen LogP) is 3.61. The van der Waals surface area contributed by atoms with E-state index in [1.165, 1.54) is 31.4 Å². The number of hydrogen-bond acceptors (Lipinski definition) is 6. The Balaban J connectivity index is 1.71. The molecule has 9 heteroatoms. The highest BCUT2D eigenvalue weighted by atomic mass is 16.6. The lowest BCUT2D eigenvalue weighted by atomic mass is 10.1. The molecule has 0 saturated heterocycles. The summed E-state index contributed by atoms with van der Waals surface area (Å²) in [6, 6.07) is 10.4. The normalized spacial score (nSPS) is 10.3. The van der Waals surface area contributed by atoms with Gasteiger partial charge in [-0.1, -0.05) is 0 Å². The van der Waals surface area contributed by atoms with E-state index in [4.69, 9.17) is 9.47 Å². The number of methoxy groups -OCH3 is 1. The first kappa shape index (κ1) is 17.9. The van der Waals surface area contributed by atoms with Gasteiger partial charge in [0.1, 0.15) is 11.5 Å². The highest BCUT2D eigenvalue weighted by Gasteiger charge is 2.12. The number of carbonyl (C=O) groups excluding carboxylic acids is 1. The summed E-state index contributed by atoms with van der Waals surface area (Å²) in [7, 11) is 3.36. The number of benzene rings is 2. The fourth-order valence-electron chi connectivity index (χ4n) is 2.45. The molecule has 138 valence electrons. The van der Waals surface area contributed by atoms with Crippen LogP contribution < -0.4 is 14.8 Å². The van der Waals surface area contributed by atoms with Crippen LogP contribution in [0.5, 0.6) is 11.5 Å². The van der Waals surface area contributed by atoms with Crippen molar-refractivity contribution in [2.75, 3.05) is 12.4 Å². The molecule has 0 aliphatic carbocycles. The Bertz CT molecular complexity index is 982. The summed E-state index contributed by atoms with van der Waals surface area (Å²) in [6.45, 7) is 0. The maximum atomic E-state index is 12.0. The van der Waals surface area contributed by atoms with Crippen molar-refractivity contribution >= 4 is 17.5 Å². The molecule has 0 unspecified atom stereocenters. The quantitative estimate of drug-likeness (QED) is 0.544. The summed E-state index contributed by atoms with van der Waals surface area (Å²) >= 11 is 0. The highest BCUT2D eigenvalue weighted by Crippen LogP contribution is 2.32. The molecular weight excluding hydrogens is 352 g/mol. The van der Waals surface area contributed by atoms with E-state index in [9.17, 15) is 14.9 Å². The molecule has 1 N–H and O–H groups in total. The minimum Gasteiger partial charge on any atom is -0.496 e. The van der Waals surface area contributed by atoms with Crippen LogP contribution in [0.1, 0.15) is 0 Å². The summed E-state index contributed by atoms with van der Waals surface area (Å²) in [5.41, 5.74) is 2.11. The molecule has 0 saturated carbocycles. The molecule has 0 atom stereocenters. The van der Waals surface area contributed by atoms with Crippen LogP contribution in [0.3, 0.4) is 0 Å². The number of nitrogens with zero attached hydrogens (tertiary/aromatic N) is 3. The first-order valence-corrected chi connectivity index (χ1v) is 7.86. The summed E-state index contributed by atoms with van der Waals surface area (Å²) in [4.78, 5) is 22.1. The molecule has 2 aromatic carbocycles. The van der Waals surface area contributed by atoms with Gasteiger partial charge in [0, 0.05) is 48.3 Å². The van der Waals surface area contributed by atoms with Crippen LogP contribution in [0, 0.1) is 10.1 Å². The van der Waals surface area contributed by atoms with Crippen molar-refractivity contribution in [3.05, 3.63) is 65.0 Å². The van der Waals surface area contributed by atoms with Gasteiger partial charge < -0.3 is 9.47 Å². The van der Waals surface area contributed by atoms with Crippen molar-refractivity contribution in [1.29, 1.82) is 0 Å². The second-order valence-corrected chi connectivity index (χ2v) is 5.58. The zero-order chi connectivity index (χ0) is 19.4. The van der Waals surface area contributed by atoms with E-state index in [0.29, 0.717) is 11.4 Å². The van der Waals surface area contributed by atoms with Crippen molar-refractivity contribution in [3.8, 4) is 22.6 Å². The topological polar surface area (TPSA) is 109 Å². The van der Waals surface area contributed by atoms with Gasteiger partial charge in [-0.2, -0.15) is 5.10 Å². The number of nitro benzene ring substituents is 1. The smallest absolute Gasteiger partial charge is 0.417 e. The molecular formula is C18H16N4O5. The van der Waals surface area contributed by atoms with Gasteiger partial charge in [-0.25, -0.2) is 4.79 Å². The number of non-ortho nitro benzene ring substituents is 1. The standard InChI is InChI=1S/C18H16N4O5/c1-21-11-12(10-19-21)16-8-3-13(9-17(16)26-2)20-18(23)27-15-6-4-14(5-7-15)22(24)25/h3-11H,1-2H3,(H,20,23). The number of amides is 1. The lowest BCUT2D eigenvalue weighted by Gasteiger charge is -2.11. The number of aryl methyl sites for hydroxylation is 1. The Morgan fingerprint density at radius 2 is 1.96 bits per heavy atom. The zero-order valence-corrected chi connectivity index (χ0v) is 14.6. The minimum absolute atomic E-state index is 0.0847. The summed E-state index contributed by atoms with van der Waals surface area (Å²) < 4.78 is 12.2. The Labute approximate surface area is 154 Å². The van der Waals surface area contributed by atoms with Crippen molar-refractivity contribution < 1.29 is 19.2 Å². The number of hydrogen-bond donors (Lipinski definition) is 1. The molecule has 0 spiro atoms. The number of carbonyl (C=O) groups is 1. The maximum Gasteiger partial charge on any atom is 0.417 e. The van der Waals surface area contributed by atoms with Crippen LogP contribution in [0.15, 0.2) is 54.9 Å². The summed E-state index contributed by atoms with van der Waals surface area (Å²) in [6.07, 6.45) is 2.85. The lowest BCUT2D eigenvalue weighted by molar-refractivity contribution is -0.384. The second-order valence-electron chi connectivity index (χ2n) is 5.58. The van der Waals surface area contributed by atoms with Gasteiger partial charge in [0.2, 0.25) is 0 Å². The molecule has 0 fully saturated rings.